The van der Waals surface area contributed by atoms with Crippen molar-refractivity contribution in [2.45, 2.75) is 18.4 Å². The summed E-state index contributed by atoms with van der Waals surface area (Å²) in [4.78, 5) is 4.38. The summed E-state index contributed by atoms with van der Waals surface area (Å²) in [6.07, 6.45) is 3.26. The first-order chi connectivity index (χ1) is 6.84. The molecule has 4 heteroatoms. The first-order valence-corrected chi connectivity index (χ1v) is 6.09. The van der Waals surface area contributed by atoms with Crippen molar-refractivity contribution in [2.75, 3.05) is 18.8 Å². The van der Waals surface area contributed by atoms with E-state index in [0.717, 1.165) is 10.9 Å². The molecule has 0 spiro atoms. The third-order valence-electron chi connectivity index (χ3n) is 2.51. The van der Waals surface area contributed by atoms with Gasteiger partial charge in [-0.05, 0) is 44.0 Å². The van der Waals surface area contributed by atoms with Gasteiger partial charge in [0.1, 0.15) is 0 Å². The van der Waals surface area contributed by atoms with Crippen molar-refractivity contribution in [3.05, 3.63) is 23.9 Å². The fourth-order valence-electron chi connectivity index (χ4n) is 1.60. The van der Waals surface area contributed by atoms with E-state index in [0.29, 0.717) is 0 Å². The Bertz CT molecular complexity index is 283. The number of hydrogen-bond donors (Lipinski definition) is 1. The summed E-state index contributed by atoms with van der Waals surface area (Å²) >= 11 is 1.88. The number of halogens is 1. The molecule has 1 atom stereocenters. The molecule has 84 valence electrons. The van der Waals surface area contributed by atoms with Crippen molar-refractivity contribution in [1.82, 2.24) is 10.3 Å². The first kappa shape index (κ1) is 12.8. The molecule has 0 radical (unpaired) electrons. The molecular weight excluding hydrogens is 228 g/mol. The molecule has 1 saturated heterocycles. The Hall–Kier alpha value is -0.250. The van der Waals surface area contributed by atoms with Gasteiger partial charge >= 0.3 is 0 Å². The lowest BCUT2D eigenvalue weighted by Gasteiger charge is -2.06. The average Bonchev–Trinajstić information content (AvgIpc) is 2.70. The maximum atomic E-state index is 4.38. The Morgan fingerprint density at radius 2 is 2.40 bits per heavy atom. The molecule has 0 aliphatic carbocycles. The summed E-state index contributed by atoms with van der Waals surface area (Å²) in [7, 11) is 0. The topological polar surface area (TPSA) is 24.9 Å². The molecule has 1 aliphatic heterocycles. The Kier molecular flexibility index (Phi) is 5.43. The van der Waals surface area contributed by atoms with Gasteiger partial charge in [-0.3, -0.25) is 0 Å². The minimum atomic E-state index is 0. The highest BCUT2D eigenvalue weighted by Gasteiger charge is 2.14. The number of thioether (sulfide) groups is 1. The van der Waals surface area contributed by atoms with Gasteiger partial charge in [-0.25, -0.2) is 4.98 Å². The Morgan fingerprint density at radius 3 is 3.00 bits per heavy atom. The minimum Gasteiger partial charge on any atom is -0.316 e. The third-order valence-corrected chi connectivity index (χ3v) is 3.69. The fourth-order valence-corrected chi connectivity index (χ4v) is 2.58. The van der Waals surface area contributed by atoms with Crippen molar-refractivity contribution < 1.29 is 0 Å². The van der Waals surface area contributed by atoms with Gasteiger partial charge in [-0.15, -0.1) is 24.2 Å². The van der Waals surface area contributed by atoms with Crippen LogP contribution in [-0.4, -0.2) is 23.8 Å². The van der Waals surface area contributed by atoms with E-state index >= 15 is 0 Å². The molecule has 1 unspecified atom stereocenters. The molecule has 0 bridgehead atoms. The number of nitrogens with one attached hydrogen (secondary N) is 1. The molecule has 0 saturated carbocycles. The number of hydrogen-bond acceptors (Lipinski definition) is 3. The van der Waals surface area contributed by atoms with Gasteiger partial charge in [-0.2, -0.15) is 0 Å². The summed E-state index contributed by atoms with van der Waals surface area (Å²) < 4.78 is 0. The summed E-state index contributed by atoms with van der Waals surface area (Å²) in [5, 5.41) is 4.54. The molecule has 2 heterocycles. The number of pyridine rings is 1. The molecule has 1 N–H and O–H groups in total. The molecular formula is C11H17ClN2S. The van der Waals surface area contributed by atoms with Gasteiger partial charge in [0.2, 0.25) is 0 Å². The predicted molar refractivity (Wildman–Crippen MR) is 67.9 cm³/mol. The van der Waals surface area contributed by atoms with Crippen LogP contribution in [0.15, 0.2) is 23.4 Å². The van der Waals surface area contributed by atoms with Crippen LogP contribution in [0.25, 0.3) is 0 Å². The highest BCUT2D eigenvalue weighted by Crippen LogP contribution is 2.21. The van der Waals surface area contributed by atoms with Crippen molar-refractivity contribution in [3.63, 3.8) is 0 Å². The van der Waals surface area contributed by atoms with Gasteiger partial charge in [0.25, 0.3) is 0 Å². The molecule has 0 aromatic carbocycles. The van der Waals surface area contributed by atoms with E-state index in [4.69, 9.17) is 0 Å². The second-order valence-corrected chi connectivity index (χ2v) is 4.88. The molecule has 1 aromatic rings. The van der Waals surface area contributed by atoms with Crippen LogP contribution in [0.5, 0.6) is 0 Å². The number of aromatic nitrogens is 1. The monoisotopic (exact) mass is 244 g/mol. The van der Waals surface area contributed by atoms with Gasteiger partial charge in [0.05, 0.1) is 5.03 Å². The third kappa shape index (κ3) is 4.01. The predicted octanol–water partition coefficient (Wildman–Crippen LogP) is 2.51. The quantitative estimate of drug-likeness (QED) is 0.828. The summed E-state index contributed by atoms with van der Waals surface area (Å²) in [5.41, 5.74) is 1.23. The van der Waals surface area contributed by atoms with Crippen LogP contribution in [0.4, 0.5) is 0 Å². The summed E-state index contributed by atoms with van der Waals surface area (Å²) in [6, 6.07) is 4.24. The van der Waals surface area contributed by atoms with E-state index in [1.165, 1.54) is 30.8 Å². The lowest BCUT2D eigenvalue weighted by Crippen LogP contribution is -2.10. The van der Waals surface area contributed by atoms with Crippen LogP contribution in [0.1, 0.15) is 12.0 Å². The second kappa shape index (κ2) is 6.36. The highest BCUT2D eigenvalue weighted by molar-refractivity contribution is 7.99. The van der Waals surface area contributed by atoms with Gasteiger partial charge < -0.3 is 5.32 Å². The van der Waals surface area contributed by atoms with E-state index in [-0.39, 0.29) is 12.4 Å². The number of rotatable bonds is 3. The van der Waals surface area contributed by atoms with Crippen molar-refractivity contribution in [3.8, 4) is 0 Å². The van der Waals surface area contributed by atoms with Crippen molar-refractivity contribution in [2.24, 2.45) is 5.92 Å². The lowest BCUT2D eigenvalue weighted by molar-refractivity contribution is 0.662. The standard InChI is InChI=1S/C11H16N2S.ClH/c1-9-2-3-11(13-6-9)14-8-10-4-5-12-7-10;/h2-3,6,10,12H,4-5,7-8H2,1H3;1H. The van der Waals surface area contributed by atoms with Crippen LogP contribution in [-0.2, 0) is 0 Å². The molecule has 1 aliphatic rings. The molecule has 0 amide bonds. The Morgan fingerprint density at radius 1 is 1.53 bits per heavy atom. The van der Waals surface area contributed by atoms with Crippen LogP contribution < -0.4 is 5.32 Å². The molecule has 2 rings (SSSR count). The maximum absolute atomic E-state index is 4.38. The minimum absolute atomic E-state index is 0. The van der Waals surface area contributed by atoms with Crippen molar-refractivity contribution in [1.29, 1.82) is 0 Å². The van der Waals surface area contributed by atoms with Gasteiger partial charge in [0, 0.05) is 11.9 Å². The second-order valence-electron chi connectivity index (χ2n) is 3.84. The number of aryl methyl sites for hydroxylation is 1. The van der Waals surface area contributed by atoms with E-state index in [1.54, 1.807) is 0 Å². The largest absolute Gasteiger partial charge is 0.316 e. The fraction of sp³-hybridized carbons (Fsp3) is 0.545. The zero-order valence-electron chi connectivity index (χ0n) is 8.90. The first-order valence-electron chi connectivity index (χ1n) is 5.11. The van der Waals surface area contributed by atoms with Gasteiger partial charge in [0.15, 0.2) is 0 Å². The van der Waals surface area contributed by atoms with Crippen LogP contribution in [0.2, 0.25) is 0 Å². The summed E-state index contributed by atoms with van der Waals surface area (Å²) in [6.45, 7) is 4.44. The smallest absolute Gasteiger partial charge is 0.0960 e. The Labute approximate surface area is 102 Å². The van der Waals surface area contributed by atoms with Crippen LogP contribution in [0.3, 0.4) is 0 Å². The normalized spacial score (nSPS) is 19.9. The zero-order chi connectivity index (χ0) is 9.80. The average molecular weight is 245 g/mol. The van der Waals surface area contributed by atoms with E-state index in [2.05, 4.69) is 29.4 Å². The molecule has 15 heavy (non-hydrogen) atoms. The zero-order valence-corrected chi connectivity index (χ0v) is 10.5. The molecule has 2 nitrogen and oxygen atoms in total. The molecule has 1 aromatic heterocycles. The van der Waals surface area contributed by atoms with Gasteiger partial charge in [-0.1, -0.05) is 6.07 Å². The Balaban J connectivity index is 0.00000112. The maximum Gasteiger partial charge on any atom is 0.0960 e. The van der Waals surface area contributed by atoms with Crippen LogP contribution >= 0.6 is 24.2 Å². The summed E-state index contributed by atoms with van der Waals surface area (Å²) in [5.74, 6) is 2.03. The van der Waals surface area contributed by atoms with Crippen LogP contribution in [0, 0.1) is 12.8 Å². The van der Waals surface area contributed by atoms with Crippen molar-refractivity contribution >= 4 is 24.2 Å². The highest BCUT2D eigenvalue weighted by atomic mass is 35.5. The van der Waals surface area contributed by atoms with E-state index in [1.807, 2.05) is 18.0 Å². The SMILES string of the molecule is Cc1ccc(SCC2CCNC2)nc1.Cl. The van der Waals surface area contributed by atoms with E-state index < -0.39 is 0 Å². The number of nitrogens with zero attached hydrogens (tertiary/aromatic N) is 1. The lowest BCUT2D eigenvalue weighted by atomic mass is 10.2. The molecule has 1 fully saturated rings. The van der Waals surface area contributed by atoms with E-state index in [9.17, 15) is 0 Å².